The van der Waals surface area contributed by atoms with E-state index in [-0.39, 0.29) is 36.7 Å². The predicted molar refractivity (Wildman–Crippen MR) is 104 cm³/mol. The van der Waals surface area contributed by atoms with Gasteiger partial charge in [-0.3, -0.25) is 9.59 Å². The van der Waals surface area contributed by atoms with E-state index in [1.54, 1.807) is 18.7 Å². The van der Waals surface area contributed by atoms with Gasteiger partial charge in [0.25, 0.3) is 0 Å². The monoisotopic (exact) mass is 381 g/mol. The number of Topliss-reactive ketones (excluding diaryl/α,β-unsaturated/α-hetero) is 1. The van der Waals surface area contributed by atoms with Crippen molar-refractivity contribution in [2.24, 2.45) is 0 Å². The van der Waals surface area contributed by atoms with E-state index >= 15 is 0 Å². The van der Waals surface area contributed by atoms with Gasteiger partial charge in [-0.15, -0.1) is 0 Å². The van der Waals surface area contributed by atoms with Gasteiger partial charge in [-0.1, -0.05) is 30.0 Å². The molecule has 0 aliphatic heterocycles. The maximum absolute atomic E-state index is 12.3. The summed E-state index contributed by atoms with van der Waals surface area (Å²) < 4.78 is 4.81. The Morgan fingerprint density at radius 3 is 2.56 bits per heavy atom. The Morgan fingerprint density at radius 2 is 1.81 bits per heavy atom. The fourth-order valence-corrected chi connectivity index (χ4v) is 3.49. The van der Waals surface area contributed by atoms with Gasteiger partial charge in [-0.25, -0.2) is 4.98 Å². The predicted octanol–water partition coefficient (Wildman–Crippen LogP) is 4.62. The first kappa shape index (κ1) is 18.9. The van der Waals surface area contributed by atoms with Crippen LogP contribution in [0.1, 0.15) is 30.3 Å². The van der Waals surface area contributed by atoms with Crippen molar-refractivity contribution in [1.82, 2.24) is 4.98 Å². The third-order valence-electron chi connectivity index (χ3n) is 3.87. The number of hydrogen-bond acceptors (Lipinski definition) is 6. The van der Waals surface area contributed by atoms with Crippen molar-refractivity contribution >= 4 is 34.4 Å². The zero-order chi connectivity index (χ0) is 19.2. The number of carbonyl (C=O) groups is 2. The lowest BCUT2D eigenvalue weighted by molar-refractivity contribution is -0.143. The number of hydrogen-bond donors (Lipinski definition) is 1. The summed E-state index contributed by atoms with van der Waals surface area (Å²) >= 11 is 1.61. The van der Waals surface area contributed by atoms with Crippen molar-refractivity contribution in [3.63, 3.8) is 0 Å². The van der Waals surface area contributed by atoms with Gasteiger partial charge >= 0.3 is 5.97 Å². The quantitative estimate of drug-likeness (QED) is 0.475. The number of ether oxygens (including phenoxy) is 1. The Bertz CT molecular complexity index is 973. The molecule has 27 heavy (non-hydrogen) atoms. The molecule has 0 saturated carbocycles. The summed E-state index contributed by atoms with van der Waals surface area (Å²) in [5.41, 5.74) is 0.597. The molecular formula is C21H19NO4S. The lowest BCUT2D eigenvalue weighted by Gasteiger charge is -2.07. The molecule has 5 nitrogen and oxygen atoms in total. The van der Waals surface area contributed by atoms with Gasteiger partial charge in [0.2, 0.25) is 0 Å². The zero-order valence-corrected chi connectivity index (χ0v) is 15.7. The number of benzene rings is 2. The third-order valence-corrected chi connectivity index (χ3v) is 4.87. The molecule has 0 fully saturated rings. The first-order chi connectivity index (χ1) is 13.1. The van der Waals surface area contributed by atoms with Crippen LogP contribution in [0.2, 0.25) is 0 Å². The molecule has 0 aliphatic carbocycles. The van der Waals surface area contributed by atoms with Crippen molar-refractivity contribution in [2.45, 2.75) is 29.6 Å². The average Bonchev–Trinajstić information content (AvgIpc) is 2.66. The first-order valence-electron chi connectivity index (χ1n) is 8.62. The normalized spacial score (nSPS) is 10.7. The molecule has 0 aliphatic rings. The number of fused-ring (bicyclic) bond motifs is 1. The SMILES string of the molecule is CCOC(=O)CCC(=O)c1nc2ccc(Sc3ccccc3)cc2cc1O. The van der Waals surface area contributed by atoms with Crippen molar-refractivity contribution in [1.29, 1.82) is 0 Å². The maximum atomic E-state index is 12.3. The van der Waals surface area contributed by atoms with E-state index in [2.05, 4.69) is 4.98 Å². The Balaban J connectivity index is 1.79. The summed E-state index contributed by atoms with van der Waals surface area (Å²) in [5.74, 6) is -1.00. The number of aromatic nitrogens is 1. The fraction of sp³-hybridized carbons (Fsp3) is 0.190. The second-order valence-corrected chi connectivity index (χ2v) is 7.00. The maximum Gasteiger partial charge on any atom is 0.306 e. The minimum atomic E-state index is -0.436. The molecule has 0 saturated heterocycles. The van der Waals surface area contributed by atoms with Crippen LogP contribution >= 0.6 is 11.8 Å². The van der Waals surface area contributed by atoms with Gasteiger partial charge in [-0.05, 0) is 43.3 Å². The Hall–Kier alpha value is -2.86. The highest BCUT2D eigenvalue weighted by Gasteiger charge is 2.16. The number of aromatic hydroxyl groups is 1. The van der Waals surface area contributed by atoms with Gasteiger partial charge < -0.3 is 9.84 Å². The van der Waals surface area contributed by atoms with E-state index in [0.717, 1.165) is 15.2 Å². The van der Waals surface area contributed by atoms with Crippen LogP contribution in [0.15, 0.2) is 64.4 Å². The van der Waals surface area contributed by atoms with Crippen LogP contribution < -0.4 is 0 Å². The highest BCUT2D eigenvalue weighted by Crippen LogP contribution is 2.31. The topological polar surface area (TPSA) is 76.5 Å². The molecule has 6 heteroatoms. The van der Waals surface area contributed by atoms with E-state index in [0.29, 0.717) is 5.52 Å². The second-order valence-electron chi connectivity index (χ2n) is 5.85. The van der Waals surface area contributed by atoms with Crippen molar-refractivity contribution < 1.29 is 19.4 Å². The number of ketones is 1. The Labute approximate surface area is 161 Å². The fourth-order valence-electron chi connectivity index (χ4n) is 2.60. The largest absolute Gasteiger partial charge is 0.506 e. The molecule has 3 rings (SSSR count). The highest BCUT2D eigenvalue weighted by molar-refractivity contribution is 7.99. The van der Waals surface area contributed by atoms with Gasteiger partial charge in [0, 0.05) is 21.6 Å². The molecular weight excluding hydrogens is 362 g/mol. The van der Waals surface area contributed by atoms with Crippen LogP contribution in [-0.4, -0.2) is 28.4 Å². The second kappa shape index (κ2) is 8.68. The van der Waals surface area contributed by atoms with Gasteiger partial charge in [-0.2, -0.15) is 0 Å². The molecule has 3 aromatic rings. The summed E-state index contributed by atoms with van der Waals surface area (Å²) in [5, 5.41) is 11.0. The number of rotatable bonds is 7. The lowest BCUT2D eigenvalue weighted by atomic mass is 10.1. The minimum absolute atomic E-state index is 0.0183. The number of nitrogens with zero attached hydrogens (tertiary/aromatic N) is 1. The van der Waals surface area contributed by atoms with Gasteiger partial charge in [0.05, 0.1) is 18.5 Å². The van der Waals surface area contributed by atoms with Crippen LogP contribution in [0.4, 0.5) is 0 Å². The number of esters is 1. The van der Waals surface area contributed by atoms with Crippen LogP contribution in [0, 0.1) is 0 Å². The lowest BCUT2D eigenvalue weighted by Crippen LogP contribution is -2.09. The summed E-state index contributed by atoms with van der Waals surface area (Å²) in [4.78, 5) is 30.1. The molecule has 0 atom stereocenters. The Morgan fingerprint density at radius 1 is 1.04 bits per heavy atom. The summed E-state index contributed by atoms with van der Waals surface area (Å²) in [6.45, 7) is 1.98. The number of carbonyl (C=O) groups excluding carboxylic acids is 2. The van der Waals surface area contributed by atoms with E-state index in [1.165, 1.54) is 6.07 Å². The van der Waals surface area contributed by atoms with E-state index in [4.69, 9.17) is 4.74 Å². The van der Waals surface area contributed by atoms with Crippen LogP contribution in [-0.2, 0) is 9.53 Å². The molecule has 0 unspecified atom stereocenters. The molecule has 0 bridgehead atoms. The molecule has 0 amide bonds. The zero-order valence-electron chi connectivity index (χ0n) is 14.8. The smallest absolute Gasteiger partial charge is 0.306 e. The van der Waals surface area contributed by atoms with E-state index in [1.807, 2.05) is 48.5 Å². The molecule has 1 N–H and O–H groups in total. The van der Waals surface area contributed by atoms with Crippen LogP contribution in [0.25, 0.3) is 10.9 Å². The van der Waals surface area contributed by atoms with E-state index in [9.17, 15) is 14.7 Å². The van der Waals surface area contributed by atoms with Crippen molar-refractivity contribution in [3.8, 4) is 5.75 Å². The van der Waals surface area contributed by atoms with Crippen molar-refractivity contribution in [2.75, 3.05) is 6.61 Å². The molecule has 138 valence electrons. The molecule has 0 spiro atoms. The van der Waals surface area contributed by atoms with Crippen LogP contribution in [0.3, 0.4) is 0 Å². The average molecular weight is 381 g/mol. The summed E-state index contributed by atoms with van der Waals surface area (Å²) in [6, 6.07) is 17.2. The standard InChI is InChI=1S/C21H19NO4S/c1-2-26-20(25)11-10-18(23)21-19(24)13-14-12-16(8-9-17(14)22-21)27-15-6-4-3-5-7-15/h3-9,12-13,24H,2,10-11H2,1H3. The molecule has 0 radical (unpaired) electrons. The van der Waals surface area contributed by atoms with Gasteiger partial charge in [0.15, 0.2) is 5.78 Å². The Kier molecular flexibility index (Phi) is 6.08. The highest BCUT2D eigenvalue weighted by atomic mass is 32.2. The number of pyridine rings is 1. The summed E-state index contributed by atoms with van der Waals surface area (Å²) in [7, 11) is 0. The molecule has 2 aromatic carbocycles. The third kappa shape index (κ3) is 4.86. The van der Waals surface area contributed by atoms with E-state index < -0.39 is 5.97 Å². The van der Waals surface area contributed by atoms with Crippen molar-refractivity contribution in [3.05, 3.63) is 60.3 Å². The summed E-state index contributed by atoms with van der Waals surface area (Å²) in [6.07, 6.45) is -0.0780. The van der Waals surface area contributed by atoms with Gasteiger partial charge in [0.1, 0.15) is 11.4 Å². The molecule has 1 heterocycles. The first-order valence-corrected chi connectivity index (χ1v) is 9.44. The van der Waals surface area contributed by atoms with Crippen LogP contribution in [0.5, 0.6) is 5.75 Å². The molecule has 1 aromatic heterocycles. The minimum Gasteiger partial charge on any atom is -0.506 e.